The standard InChI is InChI=1S/C14H35NSi2/c1-7-11-15(17(5,6)14-10-4)16(12-8-2)13-9-3/h16H,7-14H2,1-6H3. The van der Waals surface area contributed by atoms with Crippen LogP contribution in [0.4, 0.5) is 0 Å². The molecule has 3 heteroatoms. The third kappa shape index (κ3) is 6.21. The lowest BCUT2D eigenvalue weighted by Gasteiger charge is -2.42. The van der Waals surface area contributed by atoms with E-state index < -0.39 is 17.2 Å². The van der Waals surface area contributed by atoms with Crippen LogP contribution in [0.3, 0.4) is 0 Å². The third-order valence-corrected chi connectivity index (χ3v) is 14.1. The molecule has 0 aliphatic heterocycles. The highest BCUT2D eigenvalue weighted by Crippen LogP contribution is 2.23. The van der Waals surface area contributed by atoms with Crippen molar-refractivity contribution in [1.29, 1.82) is 0 Å². The van der Waals surface area contributed by atoms with Crippen LogP contribution in [0.1, 0.15) is 53.4 Å². The van der Waals surface area contributed by atoms with Gasteiger partial charge in [-0.05, 0) is 31.1 Å². The summed E-state index contributed by atoms with van der Waals surface area (Å²) in [6, 6.07) is 4.56. The second kappa shape index (κ2) is 9.34. The molecule has 0 aromatic rings. The van der Waals surface area contributed by atoms with E-state index in [-0.39, 0.29) is 0 Å². The van der Waals surface area contributed by atoms with Crippen molar-refractivity contribution < 1.29 is 0 Å². The predicted octanol–water partition coefficient (Wildman–Crippen LogP) is 4.86. The first-order chi connectivity index (χ1) is 8.03. The minimum absolute atomic E-state index is 0.628. The molecule has 0 bridgehead atoms. The van der Waals surface area contributed by atoms with E-state index in [9.17, 15) is 0 Å². The quantitative estimate of drug-likeness (QED) is 0.514. The molecule has 0 aliphatic rings. The molecule has 0 N–H and O–H groups in total. The molecule has 17 heavy (non-hydrogen) atoms. The first-order valence-corrected chi connectivity index (χ1v) is 13.1. The fourth-order valence-electron chi connectivity index (χ4n) is 3.10. The van der Waals surface area contributed by atoms with Crippen LogP contribution in [-0.2, 0) is 0 Å². The molecule has 0 unspecified atom stereocenters. The largest absolute Gasteiger partial charge is 0.348 e. The van der Waals surface area contributed by atoms with E-state index in [2.05, 4.69) is 45.0 Å². The van der Waals surface area contributed by atoms with Gasteiger partial charge < -0.3 is 4.23 Å². The summed E-state index contributed by atoms with van der Waals surface area (Å²) < 4.78 is 3.07. The number of hydrogen-bond donors (Lipinski definition) is 0. The Bertz CT molecular complexity index is 177. The van der Waals surface area contributed by atoms with Crippen molar-refractivity contribution in [3.63, 3.8) is 0 Å². The summed E-state index contributed by atoms with van der Waals surface area (Å²) in [6.45, 7) is 16.1. The minimum atomic E-state index is -1.10. The highest BCUT2D eigenvalue weighted by Gasteiger charge is 2.32. The van der Waals surface area contributed by atoms with Crippen LogP contribution >= 0.6 is 0 Å². The molecule has 104 valence electrons. The first kappa shape index (κ1) is 17.4. The Morgan fingerprint density at radius 3 is 1.71 bits per heavy atom. The molecule has 0 spiro atoms. The number of rotatable bonds is 10. The molecule has 0 aromatic heterocycles. The topological polar surface area (TPSA) is 3.24 Å². The van der Waals surface area contributed by atoms with Gasteiger partial charge in [0.15, 0.2) is 0 Å². The second-order valence-corrected chi connectivity index (χ2v) is 14.3. The Morgan fingerprint density at radius 2 is 1.35 bits per heavy atom. The molecular formula is C14H35NSi2. The summed E-state index contributed by atoms with van der Waals surface area (Å²) in [5.74, 6) is 0. The Kier molecular flexibility index (Phi) is 9.56. The molecule has 0 amide bonds. The maximum Gasteiger partial charge on any atom is 0.115 e. The van der Waals surface area contributed by atoms with Crippen molar-refractivity contribution in [1.82, 2.24) is 4.23 Å². The summed E-state index contributed by atoms with van der Waals surface area (Å²) in [5, 5.41) is 0. The van der Waals surface area contributed by atoms with Gasteiger partial charge in [-0.25, -0.2) is 0 Å². The Hall–Kier alpha value is 0.394. The van der Waals surface area contributed by atoms with Crippen molar-refractivity contribution in [3.05, 3.63) is 0 Å². The van der Waals surface area contributed by atoms with Crippen molar-refractivity contribution in [2.45, 2.75) is 84.6 Å². The van der Waals surface area contributed by atoms with Crippen molar-refractivity contribution in [2.24, 2.45) is 0 Å². The Labute approximate surface area is 113 Å². The molecule has 0 saturated heterocycles. The number of hydrogen-bond acceptors (Lipinski definition) is 1. The van der Waals surface area contributed by atoms with Crippen LogP contribution in [0, 0.1) is 0 Å². The molecule has 0 atom stereocenters. The van der Waals surface area contributed by atoms with E-state index in [0.717, 1.165) is 0 Å². The Balaban J connectivity index is 4.74. The summed E-state index contributed by atoms with van der Waals surface area (Å²) in [6.07, 6.45) is 5.51. The average Bonchev–Trinajstić information content (AvgIpc) is 2.25. The van der Waals surface area contributed by atoms with Crippen LogP contribution < -0.4 is 0 Å². The van der Waals surface area contributed by atoms with Gasteiger partial charge >= 0.3 is 0 Å². The van der Waals surface area contributed by atoms with E-state index in [1.165, 1.54) is 50.4 Å². The minimum Gasteiger partial charge on any atom is -0.348 e. The van der Waals surface area contributed by atoms with Gasteiger partial charge in [0, 0.05) is 0 Å². The smallest absolute Gasteiger partial charge is 0.115 e. The zero-order valence-electron chi connectivity index (χ0n) is 13.2. The third-order valence-electron chi connectivity index (χ3n) is 3.79. The molecule has 0 fully saturated rings. The van der Waals surface area contributed by atoms with Crippen molar-refractivity contribution >= 4 is 17.2 Å². The number of nitrogens with zero attached hydrogens (tertiary/aromatic N) is 1. The molecule has 0 rings (SSSR count). The van der Waals surface area contributed by atoms with E-state index >= 15 is 0 Å². The van der Waals surface area contributed by atoms with E-state index in [0.29, 0.717) is 0 Å². The molecule has 0 radical (unpaired) electrons. The zero-order valence-corrected chi connectivity index (χ0v) is 15.3. The van der Waals surface area contributed by atoms with Crippen LogP contribution in [0.25, 0.3) is 0 Å². The highest BCUT2D eigenvalue weighted by atomic mass is 28.4. The van der Waals surface area contributed by atoms with Crippen LogP contribution in [0.2, 0.25) is 31.2 Å². The van der Waals surface area contributed by atoms with Crippen LogP contribution in [-0.4, -0.2) is 28.0 Å². The van der Waals surface area contributed by atoms with Gasteiger partial charge in [0.05, 0.1) is 0 Å². The molecule has 0 aliphatic carbocycles. The fraction of sp³-hybridized carbons (Fsp3) is 1.00. The SMILES string of the molecule is CCCN([SiH](CCC)CCC)[Si](C)(C)CCC. The molecule has 0 aromatic carbocycles. The van der Waals surface area contributed by atoms with Gasteiger partial charge in [0.2, 0.25) is 0 Å². The monoisotopic (exact) mass is 273 g/mol. The van der Waals surface area contributed by atoms with Crippen molar-refractivity contribution in [3.8, 4) is 0 Å². The van der Waals surface area contributed by atoms with E-state index in [4.69, 9.17) is 0 Å². The second-order valence-electron chi connectivity index (χ2n) is 5.99. The van der Waals surface area contributed by atoms with Crippen LogP contribution in [0.5, 0.6) is 0 Å². The average molecular weight is 274 g/mol. The molecule has 0 saturated carbocycles. The summed E-state index contributed by atoms with van der Waals surface area (Å²) in [7, 11) is -1.72. The van der Waals surface area contributed by atoms with Crippen LogP contribution in [0.15, 0.2) is 0 Å². The molecular weight excluding hydrogens is 238 g/mol. The lowest BCUT2D eigenvalue weighted by atomic mass is 10.5. The van der Waals surface area contributed by atoms with E-state index in [1.54, 1.807) is 0 Å². The lowest BCUT2D eigenvalue weighted by Crippen LogP contribution is -2.56. The van der Waals surface area contributed by atoms with Gasteiger partial charge in [-0.1, -0.05) is 60.1 Å². The highest BCUT2D eigenvalue weighted by molar-refractivity contribution is 6.84. The lowest BCUT2D eigenvalue weighted by molar-refractivity contribution is 0.592. The maximum absolute atomic E-state index is 3.07. The molecule has 0 heterocycles. The maximum atomic E-state index is 3.07. The van der Waals surface area contributed by atoms with Gasteiger partial charge in [-0.15, -0.1) is 0 Å². The molecule has 1 nitrogen and oxygen atoms in total. The summed E-state index contributed by atoms with van der Waals surface area (Å²) in [4.78, 5) is 0. The fourth-order valence-corrected chi connectivity index (χ4v) is 13.4. The van der Waals surface area contributed by atoms with Gasteiger partial charge in [-0.3, -0.25) is 0 Å². The summed E-state index contributed by atoms with van der Waals surface area (Å²) in [5.41, 5.74) is 0. The Morgan fingerprint density at radius 1 is 0.824 bits per heavy atom. The zero-order chi connectivity index (χ0) is 13.3. The summed E-state index contributed by atoms with van der Waals surface area (Å²) >= 11 is 0. The van der Waals surface area contributed by atoms with Gasteiger partial charge in [0.1, 0.15) is 17.2 Å². The predicted molar refractivity (Wildman–Crippen MR) is 86.9 cm³/mol. The normalized spacial score (nSPS) is 12.7. The van der Waals surface area contributed by atoms with Gasteiger partial charge in [-0.2, -0.15) is 0 Å². The van der Waals surface area contributed by atoms with E-state index in [1.807, 2.05) is 0 Å². The van der Waals surface area contributed by atoms with Gasteiger partial charge in [0.25, 0.3) is 0 Å². The van der Waals surface area contributed by atoms with Crippen molar-refractivity contribution in [2.75, 3.05) is 6.54 Å². The first-order valence-electron chi connectivity index (χ1n) is 7.80.